The number of anilines is 2. The van der Waals surface area contributed by atoms with E-state index in [4.69, 9.17) is 0 Å². The average molecular weight is 255 g/mol. The van der Waals surface area contributed by atoms with Crippen LogP contribution >= 0.6 is 0 Å². The topological polar surface area (TPSA) is 62.7 Å². The first-order valence-electron chi connectivity index (χ1n) is 6.64. The molecule has 0 spiro atoms. The van der Waals surface area contributed by atoms with Crippen molar-refractivity contribution < 1.29 is 0 Å². The van der Waals surface area contributed by atoms with Crippen molar-refractivity contribution in [3.8, 4) is 0 Å². The maximum absolute atomic E-state index is 4.39. The molecule has 0 aliphatic heterocycles. The van der Waals surface area contributed by atoms with Crippen molar-refractivity contribution in [2.24, 2.45) is 0 Å². The molecule has 98 valence electrons. The second-order valence-corrected chi connectivity index (χ2v) is 4.75. The van der Waals surface area contributed by atoms with Crippen LogP contribution in [0.15, 0.2) is 36.5 Å². The Hall–Kier alpha value is -2.17. The van der Waals surface area contributed by atoms with Gasteiger partial charge in [0, 0.05) is 12.6 Å². The summed E-state index contributed by atoms with van der Waals surface area (Å²) in [5, 5.41) is 14.4. The Morgan fingerprint density at radius 3 is 2.79 bits per heavy atom. The Balaban J connectivity index is 1.51. The summed E-state index contributed by atoms with van der Waals surface area (Å²) in [4.78, 5) is 4.39. The molecular formula is C14H17N5. The highest BCUT2D eigenvalue weighted by molar-refractivity contribution is 5.38. The second kappa shape index (κ2) is 5.65. The minimum absolute atomic E-state index is 0.543. The average Bonchev–Trinajstić information content (AvgIpc) is 3.24. The summed E-state index contributed by atoms with van der Waals surface area (Å²) in [6.07, 6.45) is 5.03. The maximum atomic E-state index is 4.39. The third-order valence-corrected chi connectivity index (χ3v) is 3.03. The second-order valence-electron chi connectivity index (χ2n) is 4.75. The van der Waals surface area contributed by atoms with E-state index in [1.165, 1.54) is 18.4 Å². The van der Waals surface area contributed by atoms with Crippen LogP contribution in [0.1, 0.15) is 18.4 Å². The summed E-state index contributed by atoms with van der Waals surface area (Å²) in [5.74, 6) is 1.39. The first-order valence-corrected chi connectivity index (χ1v) is 6.64. The highest BCUT2D eigenvalue weighted by Gasteiger charge is 2.22. The first kappa shape index (κ1) is 11.9. The van der Waals surface area contributed by atoms with Gasteiger partial charge in [-0.3, -0.25) is 0 Å². The fourth-order valence-corrected chi connectivity index (χ4v) is 1.84. The molecule has 0 atom stereocenters. The van der Waals surface area contributed by atoms with E-state index >= 15 is 0 Å². The third kappa shape index (κ3) is 3.64. The van der Waals surface area contributed by atoms with Gasteiger partial charge < -0.3 is 10.6 Å². The standard InChI is InChI=1S/C14H17N5/c1-2-4-11(5-3-1)8-9-15-13-10-16-19-14(18-13)17-12-6-7-12/h1-5,10,12H,6-9H2,(H2,15,17,18,19). The molecule has 3 rings (SSSR count). The molecule has 0 bridgehead atoms. The Morgan fingerprint density at radius 1 is 1.16 bits per heavy atom. The molecule has 0 unspecified atom stereocenters. The van der Waals surface area contributed by atoms with Crippen LogP contribution in [0.4, 0.5) is 11.8 Å². The predicted octanol–water partition coefficient (Wildman–Crippen LogP) is 2.10. The highest BCUT2D eigenvalue weighted by atomic mass is 15.3. The summed E-state index contributed by atoms with van der Waals surface area (Å²) >= 11 is 0. The minimum atomic E-state index is 0.543. The van der Waals surface area contributed by atoms with Crippen LogP contribution in [0.5, 0.6) is 0 Å². The monoisotopic (exact) mass is 255 g/mol. The van der Waals surface area contributed by atoms with Crippen LogP contribution < -0.4 is 10.6 Å². The molecule has 1 heterocycles. The molecule has 5 heteroatoms. The Labute approximate surface area is 112 Å². The fraction of sp³-hybridized carbons (Fsp3) is 0.357. The Kier molecular flexibility index (Phi) is 3.54. The van der Waals surface area contributed by atoms with Crippen molar-refractivity contribution in [3.05, 3.63) is 42.1 Å². The van der Waals surface area contributed by atoms with Crippen LogP contribution in [-0.4, -0.2) is 27.8 Å². The molecule has 1 aliphatic rings. The van der Waals surface area contributed by atoms with E-state index in [1.54, 1.807) is 6.20 Å². The van der Waals surface area contributed by atoms with Gasteiger partial charge in [0.2, 0.25) is 5.95 Å². The lowest BCUT2D eigenvalue weighted by Crippen LogP contribution is -2.11. The van der Waals surface area contributed by atoms with Crippen molar-refractivity contribution in [2.75, 3.05) is 17.2 Å². The molecule has 0 saturated heterocycles. The Bertz CT molecular complexity index is 524. The molecule has 5 nitrogen and oxygen atoms in total. The number of nitrogens with one attached hydrogen (secondary N) is 2. The molecule has 2 N–H and O–H groups in total. The van der Waals surface area contributed by atoms with E-state index in [0.29, 0.717) is 12.0 Å². The van der Waals surface area contributed by atoms with Crippen molar-refractivity contribution in [1.82, 2.24) is 15.2 Å². The number of hydrogen-bond acceptors (Lipinski definition) is 5. The van der Waals surface area contributed by atoms with Gasteiger partial charge in [-0.1, -0.05) is 30.3 Å². The molecule has 1 aromatic heterocycles. The summed E-state index contributed by atoms with van der Waals surface area (Å²) in [6, 6.07) is 10.9. The Morgan fingerprint density at radius 2 is 2.00 bits per heavy atom. The molecule has 0 amide bonds. The minimum Gasteiger partial charge on any atom is -0.368 e. The number of benzene rings is 1. The van der Waals surface area contributed by atoms with E-state index in [2.05, 4.69) is 50.1 Å². The normalized spacial score (nSPS) is 14.1. The molecule has 1 aliphatic carbocycles. The lowest BCUT2D eigenvalue weighted by Gasteiger charge is -2.07. The van der Waals surface area contributed by atoms with Gasteiger partial charge in [-0.05, 0) is 24.8 Å². The van der Waals surface area contributed by atoms with Crippen LogP contribution in [-0.2, 0) is 6.42 Å². The number of rotatable bonds is 6. The lowest BCUT2D eigenvalue weighted by atomic mass is 10.1. The van der Waals surface area contributed by atoms with Crippen molar-refractivity contribution >= 4 is 11.8 Å². The van der Waals surface area contributed by atoms with E-state index < -0.39 is 0 Å². The highest BCUT2D eigenvalue weighted by Crippen LogP contribution is 2.22. The first-order chi connectivity index (χ1) is 9.40. The van der Waals surface area contributed by atoms with Crippen LogP contribution in [0, 0.1) is 0 Å². The van der Waals surface area contributed by atoms with E-state index in [9.17, 15) is 0 Å². The quantitative estimate of drug-likeness (QED) is 0.827. The SMILES string of the molecule is c1ccc(CCNc2cnnc(NC3CC3)n2)cc1. The molecule has 1 saturated carbocycles. The largest absolute Gasteiger partial charge is 0.368 e. The fourth-order valence-electron chi connectivity index (χ4n) is 1.84. The molecule has 19 heavy (non-hydrogen) atoms. The van der Waals surface area contributed by atoms with Gasteiger partial charge in [0.05, 0.1) is 6.20 Å². The molecule has 0 radical (unpaired) electrons. The molecule has 1 fully saturated rings. The number of hydrogen-bond donors (Lipinski definition) is 2. The van der Waals surface area contributed by atoms with Gasteiger partial charge in [0.1, 0.15) is 0 Å². The van der Waals surface area contributed by atoms with E-state index in [1.807, 2.05) is 6.07 Å². The van der Waals surface area contributed by atoms with Gasteiger partial charge in [-0.2, -0.15) is 10.1 Å². The zero-order chi connectivity index (χ0) is 12.9. The van der Waals surface area contributed by atoms with Crippen LogP contribution in [0.3, 0.4) is 0 Å². The zero-order valence-corrected chi connectivity index (χ0v) is 10.7. The number of aromatic nitrogens is 3. The summed E-state index contributed by atoms with van der Waals surface area (Å²) < 4.78 is 0. The molecule has 2 aromatic rings. The molecular weight excluding hydrogens is 238 g/mol. The third-order valence-electron chi connectivity index (χ3n) is 3.03. The van der Waals surface area contributed by atoms with Gasteiger partial charge in [-0.25, -0.2) is 0 Å². The summed E-state index contributed by atoms with van der Waals surface area (Å²) in [5.41, 5.74) is 1.31. The van der Waals surface area contributed by atoms with Crippen molar-refractivity contribution in [2.45, 2.75) is 25.3 Å². The van der Waals surface area contributed by atoms with Crippen molar-refractivity contribution in [3.63, 3.8) is 0 Å². The molecule has 1 aromatic carbocycles. The maximum Gasteiger partial charge on any atom is 0.244 e. The summed E-state index contributed by atoms with van der Waals surface area (Å²) in [7, 11) is 0. The smallest absolute Gasteiger partial charge is 0.244 e. The summed E-state index contributed by atoms with van der Waals surface area (Å²) in [6.45, 7) is 0.839. The van der Waals surface area contributed by atoms with Gasteiger partial charge in [0.25, 0.3) is 0 Å². The van der Waals surface area contributed by atoms with Crippen LogP contribution in [0.25, 0.3) is 0 Å². The van der Waals surface area contributed by atoms with Gasteiger partial charge in [0.15, 0.2) is 5.82 Å². The van der Waals surface area contributed by atoms with E-state index in [0.717, 1.165) is 18.8 Å². The van der Waals surface area contributed by atoms with Gasteiger partial charge in [-0.15, -0.1) is 5.10 Å². The zero-order valence-electron chi connectivity index (χ0n) is 10.7. The van der Waals surface area contributed by atoms with Crippen LogP contribution in [0.2, 0.25) is 0 Å². The predicted molar refractivity (Wildman–Crippen MR) is 75.1 cm³/mol. The number of nitrogens with zero attached hydrogens (tertiary/aromatic N) is 3. The lowest BCUT2D eigenvalue weighted by molar-refractivity contribution is 0.928. The van der Waals surface area contributed by atoms with Crippen molar-refractivity contribution in [1.29, 1.82) is 0 Å². The van der Waals surface area contributed by atoms with E-state index in [-0.39, 0.29) is 0 Å². The van der Waals surface area contributed by atoms with Gasteiger partial charge >= 0.3 is 0 Å².